The van der Waals surface area contributed by atoms with E-state index in [1.54, 1.807) is 45.9 Å². The average molecular weight is 488 g/mol. The van der Waals surface area contributed by atoms with Gasteiger partial charge in [0.05, 0.1) is 17.7 Å². The van der Waals surface area contributed by atoms with Crippen molar-refractivity contribution < 1.29 is 28.8 Å². The Morgan fingerprint density at radius 2 is 1.97 bits per heavy atom. The van der Waals surface area contributed by atoms with E-state index in [9.17, 15) is 24.0 Å². The van der Waals surface area contributed by atoms with Crippen molar-refractivity contribution in [2.24, 2.45) is 0 Å². The number of benzene rings is 1. The van der Waals surface area contributed by atoms with E-state index in [1.807, 2.05) is 0 Å². The summed E-state index contributed by atoms with van der Waals surface area (Å²) in [6.45, 7) is 6.87. The van der Waals surface area contributed by atoms with Crippen LogP contribution in [0.25, 0.3) is 10.9 Å². The molecule has 188 valence electrons. The minimum absolute atomic E-state index is 0.0935. The van der Waals surface area contributed by atoms with Crippen LogP contribution >= 0.6 is 0 Å². The number of amides is 4. The summed E-state index contributed by atoms with van der Waals surface area (Å²) >= 11 is 0. The predicted molar refractivity (Wildman–Crippen MR) is 125 cm³/mol. The lowest BCUT2D eigenvalue weighted by atomic mass is 10.1. The second-order valence-electron chi connectivity index (χ2n) is 9.11. The van der Waals surface area contributed by atoms with Crippen LogP contribution < -0.4 is 21.7 Å². The summed E-state index contributed by atoms with van der Waals surface area (Å²) in [5.74, 6) is -0.949. The molecule has 0 aliphatic carbocycles. The van der Waals surface area contributed by atoms with Crippen LogP contribution in [0, 0.1) is 6.92 Å². The first-order chi connectivity index (χ1) is 16.5. The number of imide groups is 1. The van der Waals surface area contributed by atoms with Gasteiger partial charge in [0.1, 0.15) is 23.0 Å². The first-order valence-electron chi connectivity index (χ1n) is 11.2. The Bertz CT molecular complexity index is 1220. The van der Waals surface area contributed by atoms with Gasteiger partial charge in [-0.2, -0.15) is 5.48 Å². The third kappa shape index (κ3) is 6.63. The molecule has 1 saturated heterocycles. The lowest BCUT2D eigenvalue weighted by molar-refractivity contribution is -0.135. The fourth-order valence-electron chi connectivity index (χ4n) is 3.65. The number of hydrogen-bond donors (Lipinski definition) is 3. The molecule has 1 fully saturated rings. The monoisotopic (exact) mass is 487 g/mol. The fraction of sp³-hybridized carbons (Fsp3) is 0.478. The fourth-order valence-corrected chi connectivity index (χ4v) is 3.65. The molecule has 2 aromatic rings. The highest BCUT2D eigenvalue weighted by atomic mass is 16.7. The van der Waals surface area contributed by atoms with Crippen molar-refractivity contribution in [3.63, 3.8) is 0 Å². The van der Waals surface area contributed by atoms with Crippen LogP contribution in [0.4, 0.5) is 10.5 Å². The average Bonchev–Trinajstić information content (AvgIpc) is 2.74. The third-order valence-electron chi connectivity index (χ3n) is 5.11. The highest BCUT2D eigenvalue weighted by molar-refractivity contribution is 6.01. The summed E-state index contributed by atoms with van der Waals surface area (Å²) in [7, 11) is 0. The molecule has 1 aromatic heterocycles. The standard InChI is InChI=1S/C23H29N5O7/c1-13-24-19-14(21(32)28(13)16-10-11-18(30)26-20(16)31)7-5-8-15(19)25-17(29)9-6-12-34-27-22(33)35-23(2,3)4/h5,7-8,16H,6,9-12H2,1-4H3,(H,25,29)(H,27,33)(H,26,30,31). The van der Waals surface area contributed by atoms with Crippen molar-refractivity contribution in [2.75, 3.05) is 11.9 Å². The van der Waals surface area contributed by atoms with Crippen LogP contribution in [0.3, 0.4) is 0 Å². The number of nitrogens with one attached hydrogen (secondary N) is 3. The molecule has 35 heavy (non-hydrogen) atoms. The van der Waals surface area contributed by atoms with Crippen molar-refractivity contribution in [3.8, 4) is 0 Å². The van der Waals surface area contributed by atoms with Crippen molar-refractivity contribution in [3.05, 3.63) is 34.4 Å². The van der Waals surface area contributed by atoms with Crippen LogP contribution in [-0.2, 0) is 24.0 Å². The second kappa shape index (κ2) is 10.6. The SMILES string of the molecule is Cc1nc2c(NC(=O)CCCONC(=O)OC(C)(C)C)cccc2c(=O)n1C1CCC(=O)NC1=O. The number of hydroxylamine groups is 1. The summed E-state index contributed by atoms with van der Waals surface area (Å²) in [5.41, 5.74) is 1.73. The molecular weight excluding hydrogens is 458 g/mol. The Hall–Kier alpha value is -3.80. The summed E-state index contributed by atoms with van der Waals surface area (Å²) in [6.07, 6.45) is 0.0369. The molecule has 12 nitrogen and oxygen atoms in total. The summed E-state index contributed by atoms with van der Waals surface area (Å²) in [5, 5.41) is 5.23. The van der Waals surface area contributed by atoms with Gasteiger partial charge in [0, 0.05) is 12.8 Å². The molecule has 4 amide bonds. The van der Waals surface area contributed by atoms with Gasteiger partial charge in [-0.15, -0.1) is 0 Å². The number of aryl methyl sites for hydroxylation is 1. The minimum Gasteiger partial charge on any atom is -0.442 e. The number of anilines is 1. The maximum Gasteiger partial charge on any atom is 0.431 e. The number of nitrogens with zero attached hydrogens (tertiary/aromatic N) is 2. The van der Waals surface area contributed by atoms with E-state index in [-0.39, 0.29) is 43.1 Å². The zero-order valence-electron chi connectivity index (χ0n) is 20.1. The van der Waals surface area contributed by atoms with Gasteiger partial charge in [-0.25, -0.2) is 9.78 Å². The number of fused-ring (bicyclic) bond motifs is 1. The molecule has 0 saturated carbocycles. The summed E-state index contributed by atoms with van der Waals surface area (Å²) < 4.78 is 6.32. The number of aromatic nitrogens is 2. The van der Waals surface area contributed by atoms with E-state index < -0.39 is 29.2 Å². The van der Waals surface area contributed by atoms with Gasteiger partial charge in [0.2, 0.25) is 17.7 Å². The van der Waals surface area contributed by atoms with Gasteiger partial charge in [0.25, 0.3) is 5.56 Å². The zero-order valence-corrected chi connectivity index (χ0v) is 20.1. The van der Waals surface area contributed by atoms with Crippen molar-refractivity contribution in [2.45, 2.75) is 65.0 Å². The molecule has 1 atom stereocenters. The van der Waals surface area contributed by atoms with Gasteiger partial charge in [-0.3, -0.25) is 33.9 Å². The minimum atomic E-state index is -0.829. The maximum atomic E-state index is 13.2. The Labute approximate surface area is 201 Å². The number of carbonyl (C=O) groups excluding carboxylic acids is 4. The molecule has 1 aromatic carbocycles. The molecule has 3 N–H and O–H groups in total. The highest BCUT2D eigenvalue weighted by Gasteiger charge is 2.30. The Balaban J connectivity index is 1.64. The van der Waals surface area contributed by atoms with E-state index in [2.05, 4.69) is 21.1 Å². The molecule has 0 radical (unpaired) electrons. The molecule has 1 aliphatic rings. The van der Waals surface area contributed by atoms with Gasteiger partial charge in [-0.05, 0) is 52.7 Å². The van der Waals surface area contributed by atoms with Gasteiger partial charge in [-0.1, -0.05) is 6.07 Å². The van der Waals surface area contributed by atoms with Gasteiger partial charge < -0.3 is 10.1 Å². The Kier molecular flexibility index (Phi) is 7.85. The lowest BCUT2D eigenvalue weighted by Gasteiger charge is -2.24. The smallest absolute Gasteiger partial charge is 0.431 e. The number of ether oxygens (including phenoxy) is 1. The third-order valence-corrected chi connectivity index (χ3v) is 5.11. The van der Waals surface area contributed by atoms with Crippen molar-refractivity contribution in [1.29, 1.82) is 0 Å². The topological polar surface area (TPSA) is 158 Å². The van der Waals surface area contributed by atoms with E-state index >= 15 is 0 Å². The second-order valence-corrected chi connectivity index (χ2v) is 9.11. The molecule has 12 heteroatoms. The van der Waals surface area contributed by atoms with E-state index in [0.29, 0.717) is 23.4 Å². The maximum absolute atomic E-state index is 13.2. The van der Waals surface area contributed by atoms with Crippen LogP contribution in [0.15, 0.2) is 23.0 Å². The van der Waals surface area contributed by atoms with Crippen LogP contribution in [0.1, 0.15) is 58.3 Å². The number of carbonyl (C=O) groups is 4. The lowest BCUT2D eigenvalue weighted by Crippen LogP contribution is -2.45. The van der Waals surface area contributed by atoms with Crippen molar-refractivity contribution >= 4 is 40.4 Å². The van der Waals surface area contributed by atoms with E-state index in [4.69, 9.17) is 9.57 Å². The van der Waals surface area contributed by atoms with Crippen molar-refractivity contribution in [1.82, 2.24) is 20.3 Å². The van der Waals surface area contributed by atoms with Crippen LogP contribution in [-0.4, -0.2) is 45.6 Å². The molecule has 0 bridgehead atoms. The Morgan fingerprint density at radius 1 is 1.23 bits per heavy atom. The van der Waals surface area contributed by atoms with Crippen LogP contribution in [0.5, 0.6) is 0 Å². The number of rotatable bonds is 7. The predicted octanol–water partition coefficient (Wildman–Crippen LogP) is 1.86. The first-order valence-corrected chi connectivity index (χ1v) is 11.2. The molecule has 1 unspecified atom stereocenters. The number of piperidine rings is 1. The number of para-hydroxylation sites is 1. The normalized spacial score (nSPS) is 16.1. The van der Waals surface area contributed by atoms with Gasteiger partial charge >= 0.3 is 6.09 Å². The molecule has 2 heterocycles. The first kappa shape index (κ1) is 25.8. The molecule has 0 spiro atoms. The molecule has 1 aliphatic heterocycles. The molecular formula is C23H29N5O7. The summed E-state index contributed by atoms with van der Waals surface area (Å²) in [6, 6.07) is 3.98. The largest absolute Gasteiger partial charge is 0.442 e. The molecule has 3 rings (SSSR count). The van der Waals surface area contributed by atoms with E-state index in [0.717, 1.165) is 0 Å². The number of hydrogen-bond acceptors (Lipinski definition) is 8. The highest BCUT2D eigenvalue weighted by Crippen LogP contribution is 2.23. The Morgan fingerprint density at radius 3 is 2.66 bits per heavy atom. The van der Waals surface area contributed by atoms with Gasteiger partial charge in [0.15, 0.2) is 0 Å². The summed E-state index contributed by atoms with van der Waals surface area (Å²) in [4.78, 5) is 70.4. The van der Waals surface area contributed by atoms with Crippen LogP contribution in [0.2, 0.25) is 0 Å². The zero-order chi connectivity index (χ0) is 25.8. The quantitative estimate of drug-likeness (QED) is 0.303. The van der Waals surface area contributed by atoms with E-state index in [1.165, 1.54) is 4.57 Å².